The Morgan fingerprint density at radius 2 is 2.00 bits per heavy atom. The second-order valence-corrected chi connectivity index (χ2v) is 3.23. The largest absolute Gasteiger partial charge is 0.309 e. The zero-order chi connectivity index (χ0) is 8.81. The highest BCUT2D eigenvalue weighted by Gasteiger charge is 1.97. The van der Waals surface area contributed by atoms with Crippen LogP contribution in [-0.2, 0) is 6.54 Å². The van der Waals surface area contributed by atoms with E-state index in [1.807, 2.05) is 18.2 Å². The van der Waals surface area contributed by atoms with Gasteiger partial charge in [-0.2, -0.15) is 0 Å². The van der Waals surface area contributed by atoms with Gasteiger partial charge in [-0.1, -0.05) is 30.3 Å². The Balaban J connectivity index is 2.33. The molecule has 1 nitrogen and oxygen atoms in total. The third kappa shape index (κ3) is 3.24. The van der Waals surface area contributed by atoms with Crippen molar-refractivity contribution in [2.75, 3.05) is 5.88 Å². The third-order valence-corrected chi connectivity index (χ3v) is 2.19. The number of alkyl halides is 1. The lowest BCUT2D eigenvalue weighted by Crippen LogP contribution is -2.26. The van der Waals surface area contributed by atoms with Crippen LogP contribution >= 0.6 is 11.6 Å². The Hall–Kier alpha value is -0.530. The fraction of sp³-hybridized carbons (Fsp3) is 0.400. The van der Waals surface area contributed by atoms with E-state index in [1.165, 1.54) is 5.56 Å². The van der Waals surface area contributed by atoms with Crippen molar-refractivity contribution in [3.8, 4) is 0 Å². The molecule has 0 fully saturated rings. The summed E-state index contributed by atoms with van der Waals surface area (Å²) in [4.78, 5) is 0. The highest BCUT2D eigenvalue weighted by Crippen LogP contribution is 1.98. The van der Waals surface area contributed by atoms with E-state index in [1.54, 1.807) is 0 Å². The lowest BCUT2D eigenvalue weighted by Gasteiger charge is -2.09. The minimum Gasteiger partial charge on any atom is -0.309 e. The van der Waals surface area contributed by atoms with Crippen molar-refractivity contribution in [3.05, 3.63) is 35.9 Å². The molecule has 0 spiro atoms. The molecule has 1 atom stereocenters. The van der Waals surface area contributed by atoms with Gasteiger partial charge in [-0.25, -0.2) is 0 Å². The maximum atomic E-state index is 5.66. The number of hydrogen-bond donors (Lipinski definition) is 1. The predicted molar refractivity (Wildman–Crippen MR) is 53.5 cm³/mol. The van der Waals surface area contributed by atoms with Crippen LogP contribution in [0.1, 0.15) is 12.5 Å². The predicted octanol–water partition coefficient (Wildman–Crippen LogP) is 2.40. The van der Waals surface area contributed by atoms with Crippen LogP contribution in [0.15, 0.2) is 30.3 Å². The van der Waals surface area contributed by atoms with Crippen LogP contribution in [0.4, 0.5) is 0 Å². The van der Waals surface area contributed by atoms with Crippen LogP contribution in [0.5, 0.6) is 0 Å². The number of hydrogen-bond acceptors (Lipinski definition) is 1. The summed E-state index contributed by atoms with van der Waals surface area (Å²) in [7, 11) is 0. The van der Waals surface area contributed by atoms with Crippen LogP contribution in [0.25, 0.3) is 0 Å². The average Bonchev–Trinajstić information content (AvgIpc) is 2.16. The van der Waals surface area contributed by atoms with Crippen molar-refractivity contribution in [2.24, 2.45) is 0 Å². The fourth-order valence-electron chi connectivity index (χ4n) is 0.942. The van der Waals surface area contributed by atoms with E-state index in [4.69, 9.17) is 11.6 Å². The Morgan fingerprint density at radius 1 is 1.33 bits per heavy atom. The smallest absolute Gasteiger partial charge is 0.0374 e. The highest BCUT2D eigenvalue weighted by molar-refractivity contribution is 6.18. The van der Waals surface area contributed by atoms with Crippen molar-refractivity contribution in [1.82, 2.24) is 5.32 Å². The molecule has 0 aliphatic rings. The van der Waals surface area contributed by atoms with Gasteiger partial charge >= 0.3 is 0 Å². The van der Waals surface area contributed by atoms with Crippen molar-refractivity contribution in [1.29, 1.82) is 0 Å². The topological polar surface area (TPSA) is 12.0 Å². The van der Waals surface area contributed by atoms with E-state index in [0.717, 1.165) is 6.54 Å². The Morgan fingerprint density at radius 3 is 2.58 bits per heavy atom. The first-order valence-electron chi connectivity index (χ1n) is 4.16. The molecule has 0 saturated heterocycles. The van der Waals surface area contributed by atoms with Crippen LogP contribution in [0.2, 0.25) is 0 Å². The van der Waals surface area contributed by atoms with Gasteiger partial charge in [0.1, 0.15) is 0 Å². The standard InChI is InChI=1S/C10H14ClN/c1-9(7-11)12-8-10-5-3-2-4-6-10/h2-6,9,12H,7-8H2,1H3. The zero-order valence-electron chi connectivity index (χ0n) is 7.26. The van der Waals surface area contributed by atoms with Gasteiger partial charge in [-0.3, -0.25) is 0 Å². The summed E-state index contributed by atoms with van der Waals surface area (Å²) < 4.78 is 0. The molecule has 66 valence electrons. The molecule has 2 heteroatoms. The van der Waals surface area contributed by atoms with Crippen molar-refractivity contribution in [2.45, 2.75) is 19.5 Å². The van der Waals surface area contributed by atoms with E-state index in [0.29, 0.717) is 11.9 Å². The number of halogens is 1. The molecule has 0 amide bonds. The first-order valence-corrected chi connectivity index (χ1v) is 4.69. The minimum absolute atomic E-state index is 0.381. The van der Waals surface area contributed by atoms with Gasteiger partial charge in [-0.15, -0.1) is 11.6 Å². The maximum absolute atomic E-state index is 5.66. The summed E-state index contributed by atoms with van der Waals surface area (Å²) in [5, 5.41) is 3.32. The van der Waals surface area contributed by atoms with Gasteiger partial charge in [0.2, 0.25) is 0 Å². The molecule has 0 heterocycles. The van der Waals surface area contributed by atoms with Crippen LogP contribution < -0.4 is 5.32 Å². The number of nitrogens with one attached hydrogen (secondary N) is 1. The SMILES string of the molecule is CC(CCl)NCc1ccccc1. The summed E-state index contributed by atoms with van der Waals surface area (Å²) in [6, 6.07) is 10.7. The fourth-order valence-corrected chi connectivity index (χ4v) is 1.05. The van der Waals surface area contributed by atoms with E-state index in [2.05, 4.69) is 24.4 Å². The molecule has 0 aliphatic heterocycles. The molecule has 0 saturated carbocycles. The van der Waals surface area contributed by atoms with Gasteiger partial charge in [0, 0.05) is 18.5 Å². The third-order valence-electron chi connectivity index (χ3n) is 1.73. The molecule has 1 unspecified atom stereocenters. The van der Waals surface area contributed by atoms with Gasteiger partial charge in [0.15, 0.2) is 0 Å². The number of rotatable bonds is 4. The Kier molecular flexibility index (Phi) is 4.12. The van der Waals surface area contributed by atoms with E-state index in [9.17, 15) is 0 Å². The first kappa shape index (κ1) is 9.56. The minimum atomic E-state index is 0.381. The van der Waals surface area contributed by atoms with Crippen molar-refractivity contribution >= 4 is 11.6 Å². The lowest BCUT2D eigenvalue weighted by atomic mass is 10.2. The zero-order valence-corrected chi connectivity index (χ0v) is 8.01. The maximum Gasteiger partial charge on any atom is 0.0374 e. The number of benzene rings is 1. The van der Waals surface area contributed by atoms with Crippen molar-refractivity contribution < 1.29 is 0 Å². The second kappa shape index (κ2) is 5.18. The Labute approximate surface area is 78.7 Å². The Bertz CT molecular complexity index is 210. The summed E-state index contributed by atoms with van der Waals surface area (Å²) in [6.45, 7) is 2.98. The molecule has 0 radical (unpaired) electrons. The molecule has 1 aromatic carbocycles. The van der Waals surface area contributed by atoms with Gasteiger partial charge < -0.3 is 5.32 Å². The second-order valence-electron chi connectivity index (χ2n) is 2.92. The monoisotopic (exact) mass is 183 g/mol. The molecular weight excluding hydrogens is 170 g/mol. The van der Waals surface area contributed by atoms with Crippen molar-refractivity contribution in [3.63, 3.8) is 0 Å². The molecule has 12 heavy (non-hydrogen) atoms. The molecule has 1 aromatic rings. The van der Waals surface area contributed by atoms with E-state index in [-0.39, 0.29) is 0 Å². The van der Waals surface area contributed by atoms with Crippen LogP contribution in [0, 0.1) is 0 Å². The summed E-state index contributed by atoms with van der Waals surface area (Å²) >= 11 is 5.66. The molecule has 0 aliphatic carbocycles. The molecule has 1 rings (SSSR count). The van der Waals surface area contributed by atoms with Gasteiger partial charge in [-0.05, 0) is 12.5 Å². The highest BCUT2D eigenvalue weighted by atomic mass is 35.5. The molecule has 0 aromatic heterocycles. The molecule has 0 bridgehead atoms. The normalized spacial score (nSPS) is 12.8. The van der Waals surface area contributed by atoms with Gasteiger partial charge in [0.05, 0.1) is 0 Å². The first-order chi connectivity index (χ1) is 5.83. The van der Waals surface area contributed by atoms with Crippen LogP contribution in [0.3, 0.4) is 0 Å². The molecule has 1 N–H and O–H groups in total. The summed E-state index contributed by atoms with van der Waals surface area (Å²) in [5.41, 5.74) is 1.30. The lowest BCUT2D eigenvalue weighted by molar-refractivity contribution is 0.593. The molecular formula is C10H14ClN. The van der Waals surface area contributed by atoms with Gasteiger partial charge in [0.25, 0.3) is 0 Å². The van der Waals surface area contributed by atoms with E-state index >= 15 is 0 Å². The quantitative estimate of drug-likeness (QED) is 0.707. The summed E-state index contributed by atoms with van der Waals surface area (Å²) in [6.07, 6.45) is 0. The van der Waals surface area contributed by atoms with E-state index < -0.39 is 0 Å². The summed E-state index contributed by atoms with van der Waals surface area (Å²) in [5.74, 6) is 0.660. The van der Waals surface area contributed by atoms with Crippen LogP contribution in [-0.4, -0.2) is 11.9 Å². The average molecular weight is 184 g/mol.